The first kappa shape index (κ1) is 22.3. The first-order valence-corrected chi connectivity index (χ1v) is 9.81. The summed E-state index contributed by atoms with van der Waals surface area (Å²) in [5.41, 5.74) is 2.10. The molecule has 0 aliphatic heterocycles. The Kier molecular flexibility index (Phi) is 8.52. The van der Waals surface area contributed by atoms with Crippen molar-refractivity contribution in [1.82, 2.24) is 10.2 Å². The standard InChI is InChI=1S/C23H30N2O4/c1-17(15-19-11-7-8-12-21(19)29-3)25(2)23(28)24-20(13-14-22(26)27)16-18-9-5-4-6-10-18/h4-12,17,20H,13-16H2,1-3H3,(H,24,28)(H,26,27). The summed E-state index contributed by atoms with van der Waals surface area (Å²) >= 11 is 0. The number of likely N-dealkylation sites (N-methyl/N-ethyl adjacent to an activating group) is 1. The van der Waals surface area contributed by atoms with Crippen LogP contribution in [0.15, 0.2) is 54.6 Å². The molecule has 2 N–H and O–H groups in total. The fourth-order valence-corrected chi connectivity index (χ4v) is 3.22. The van der Waals surface area contributed by atoms with Crippen LogP contribution >= 0.6 is 0 Å². The van der Waals surface area contributed by atoms with E-state index in [-0.39, 0.29) is 24.5 Å². The lowest BCUT2D eigenvalue weighted by molar-refractivity contribution is -0.137. The van der Waals surface area contributed by atoms with Gasteiger partial charge in [-0.05, 0) is 43.4 Å². The number of nitrogens with zero attached hydrogens (tertiary/aromatic N) is 1. The Morgan fingerprint density at radius 3 is 2.38 bits per heavy atom. The van der Waals surface area contributed by atoms with Crippen molar-refractivity contribution >= 4 is 12.0 Å². The van der Waals surface area contributed by atoms with Gasteiger partial charge in [-0.15, -0.1) is 0 Å². The van der Waals surface area contributed by atoms with Gasteiger partial charge in [-0.25, -0.2) is 4.79 Å². The number of para-hydroxylation sites is 1. The highest BCUT2D eigenvalue weighted by Crippen LogP contribution is 2.20. The third kappa shape index (κ3) is 7.14. The van der Waals surface area contributed by atoms with Crippen molar-refractivity contribution in [2.45, 2.75) is 44.7 Å². The lowest BCUT2D eigenvalue weighted by atomic mass is 10.0. The molecule has 0 heterocycles. The van der Waals surface area contributed by atoms with Crippen molar-refractivity contribution in [3.05, 3.63) is 65.7 Å². The third-order valence-corrected chi connectivity index (χ3v) is 5.05. The number of carboxylic acids is 1. The van der Waals surface area contributed by atoms with Gasteiger partial charge in [0.15, 0.2) is 0 Å². The molecule has 2 amide bonds. The van der Waals surface area contributed by atoms with Gasteiger partial charge in [0.2, 0.25) is 0 Å². The van der Waals surface area contributed by atoms with Gasteiger partial charge in [-0.2, -0.15) is 0 Å². The van der Waals surface area contributed by atoms with E-state index in [1.807, 2.05) is 61.5 Å². The van der Waals surface area contributed by atoms with Crippen molar-refractivity contribution < 1.29 is 19.4 Å². The molecule has 0 aliphatic carbocycles. The van der Waals surface area contributed by atoms with Crippen LogP contribution in [0, 0.1) is 0 Å². The predicted octanol–water partition coefficient (Wildman–Crippen LogP) is 3.74. The summed E-state index contributed by atoms with van der Waals surface area (Å²) in [4.78, 5) is 25.5. The van der Waals surface area contributed by atoms with Gasteiger partial charge in [0.1, 0.15) is 5.75 Å². The van der Waals surface area contributed by atoms with Crippen molar-refractivity contribution in [3.8, 4) is 5.75 Å². The quantitative estimate of drug-likeness (QED) is 0.639. The van der Waals surface area contributed by atoms with Crippen LogP contribution in [0.25, 0.3) is 0 Å². The highest BCUT2D eigenvalue weighted by molar-refractivity contribution is 5.75. The number of amides is 2. The molecule has 6 nitrogen and oxygen atoms in total. The average molecular weight is 399 g/mol. The summed E-state index contributed by atoms with van der Waals surface area (Å²) in [6.45, 7) is 1.98. The molecule has 2 unspecified atom stereocenters. The number of carboxylic acid groups (broad SMARTS) is 1. The molecule has 2 aromatic rings. The second kappa shape index (κ2) is 11.1. The van der Waals surface area contributed by atoms with Crippen LogP contribution in [0.5, 0.6) is 5.75 Å². The molecule has 0 bridgehead atoms. The van der Waals surface area contributed by atoms with Gasteiger partial charge in [0, 0.05) is 25.6 Å². The molecule has 0 radical (unpaired) electrons. The van der Waals surface area contributed by atoms with Crippen molar-refractivity contribution in [3.63, 3.8) is 0 Å². The van der Waals surface area contributed by atoms with Crippen LogP contribution < -0.4 is 10.1 Å². The van der Waals surface area contributed by atoms with Gasteiger partial charge in [-0.3, -0.25) is 4.79 Å². The molecule has 6 heteroatoms. The Morgan fingerprint density at radius 1 is 1.07 bits per heavy atom. The van der Waals surface area contributed by atoms with Gasteiger partial charge < -0.3 is 20.1 Å². The van der Waals surface area contributed by atoms with Gasteiger partial charge in [0.05, 0.1) is 7.11 Å². The van der Waals surface area contributed by atoms with E-state index in [1.54, 1.807) is 19.1 Å². The Hall–Kier alpha value is -3.02. The van der Waals surface area contributed by atoms with E-state index in [2.05, 4.69) is 5.32 Å². The average Bonchev–Trinajstić information content (AvgIpc) is 2.72. The summed E-state index contributed by atoms with van der Waals surface area (Å²) < 4.78 is 5.40. The van der Waals surface area contributed by atoms with Crippen LogP contribution in [0.2, 0.25) is 0 Å². The van der Waals surface area contributed by atoms with Crippen molar-refractivity contribution in [2.24, 2.45) is 0 Å². The van der Waals surface area contributed by atoms with Gasteiger partial charge in [0.25, 0.3) is 0 Å². The molecular formula is C23H30N2O4. The Morgan fingerprint density at radius 2 is 1.72 bits per heavy atom. The van der Waals surface area contributed by atoms with Crippen LogP contribution in [0.1, 0.15) is 30.9 Å². The maximum atomic E-state index is 12.8. The van der Waals surface area contributed by atoms with Crippen molar-refractivity contribution in [2.75, 3.05) is 14.2 Å². The minimum absolute atomic E-state index is 0.0122. The Balaban J connectivity index is 2.01. The number of nitrogens with one attached hydrogen (secondary N) is 1. The highest BCUT2D eigenvalue weighted by atomic mass is 16.5. The molecular weight excluding hydrogens is 368 g/mol. The summed E-state index contributed by atoms with van der Waals surface area (Å²) in [5.74, 6) is -0.0632. The van der Waals surface area contributed by atoms with Gasteiger partial charge >= 0.3 is 12.0 Å². The fraction of sp³-hybridized carbons (Fsp3) is 0.391. The molecule has 156 valence electrons. The summed E-state index contributed by atoms with van der Waals surface area (Å²) in [7, 11) is 3.39. The number of benzene rings is 2. The minimum Gasteiger partial charge on any atom is -0.496 e. The zero-order chi connectivity index (χ0) is 21.2. The largest absolute Gasteiger partial charge is 0.496 e. The SMILES string of the molecule is COc1ccccc1CC(C)N(C)C(=O)NC(CCC(=O)O)Cc1ccccc1. The number of hydrogen-bond acceptors (Lipinski definition) is 3. The predicted molar refractivity (Wildman–Crippen MR) is 113 cm³/mol. The summed E-state index contributed by atoms with van der Waals surface area (Å²) in [6.07, 6.45) is 1.64. The number of urea groups is 1. The Labute approximate surface area is 172 Å². The van der Waals surface area contributed by atoms with E-state index < -0.39 is 5.97 Å². The van der Waals surface area contributed by atoms with E-state index >= 15 is 0 Å². The number of hydrogen-bond donors (Lipinski definition) is 2. The molecule has 0 saturated carbocycles. The molecule has 0 aromatic heterocycles. The van der Waals surface area contributed by atoms with E-state index in [0.717, 1.165) is 16.9 Å². The third-order valence-electron chi connectivity index (χ3n) is 5.05. The number of ether oxygens (including phenoxy) is 1. The van der Waals surface area contributed by atoms with E-state index in [9.17, 15) is 9.59 Å². The topological polar surface area (TPSA) is 78.9 Å². The lowest BCUT2D eigenvalue weighted by Crippen LogP contribution is -2.47. The Bertz CT molecular complexity index is 794. The number of rotatable bonds is 10. The van der Waals surface area contributed by atoms with Crippen molar-refractivity contribution in [1.29, 1.82) is 0 Å². The first-order valence-electron chi connectivity index (χ1n) is 9.81. The number of methoxy groups -OCH3 is 1. The summed E-state index contributed by atoms with van der Waals surface area (Å²) in [6, 6.07) is 17.0. The molecule has 0 fully saturated rings. The molecule has 2 rings (SSSR count). The molecule has 29 heavy (non-hydrogen) atoms. The molecule has 0 spiro atoms. The molecule has 2 aromatic carbocycles. The second-order valence-electron chi connectivity index (χ2n) is 7.24. The molecule has 0 saturated heterocycles. The normalized spacial score (nSPS) is 12.7. The minimum atomic E-state index is -0.866. The van der Waals surface area contributed by atoms with Crippen LogP contribution in [-0.2, 0) is 17.6 Å². The second-order valence-corrected chi connectivity index (χ2v) is 7.24. The number of carbonyl (C=O) groups is 2. The molecule has 2 atom stereocenters. The molecule has 0 aliphatic rings. The van der Waals surface area contributed by atoms with Crippen LogP contribution in [0.4, 0.5) is 4.79 Å². The maximum Gasteiger partial charge on any atom is 0.317 e. The highest BCUT2D eigenvalue weighted by Gasteiger charge is 2.21. The monoisotopic (exact) mass is 398 g/mol. The van der Waals surface area contributed by atoms with Crippen LogP contribution in [-0.4, -0.2) is 48.2 Å². The van der Waals surface area contributed by atoms with E-state index in [4.69, 9.17) is 9.84 Å². The smallest absolute Gasteiger partial charge is 0.317 e. The lowest BCUT2D eigenvalue weighted by Gasteiger charge is -2.28. The first-order chi connectivity index (χ1) is 13.9. The zero-order valence-electron chi connectivity index (χ0n) is 17.3. The number of aliphatic carboxylic acids is 1. The summed E-state index contributed by atoms with van der Waals surface area (Å²) in [5, 5.41) is 12.0. The van der Waals surface area contributed by atoms with E-state index in [1.165, 1.54) is 0 Å². The van der Waals surface area contributed by atoms with Crippen LogP contribution in [0.3, 0.4) is 0 Å². The maximum absolute atomic E-state index is 12.8. The van der Waals surface area contributed by atoms with E-state index in [0.29, 0.717) is 19.3 Å². The number of carbonyl (C=O) groups excluding carboxylic acids is 1. The van der Waals surface area contributed by atoms with Gasteiger partial charge in [-0.1, -0.05) is 48.5 Å². The zero-order valence-corrected chi connectivity index (χ0v) is 17.3. The fourth-order valence-electron chi connectivity index (χ4n) is 3.22.